The molecule has 1 heterocycles. The molecule has 0 bridgehead atoms. The van der Waals surface area contributed by atoms with Crippen molar-refractivity contribution >= 4 is 17.3 Å². The zero-order valence-corrected chi connectivity index (χ0v) is 14.6. The third kappa shape index (κ3) is 3.87. The highest BCUT2D eigenvalue weighted by Crippen LogP contribution is 2.25. The summed E-state index contributed by atoms with van der Waals surface area (Å²) in [6, 6.07) is 17.3. The van der Waals surface area contributed by atoms with Gasteiger partial charge in [-0.15, -0.1) is 0 Å². The molecule has 1 atom stereocenters. The van der Waals surface area contributed by atoms with Crippen LogP contribution in [-0.4, -0.2) is 23.8 Å². The molecule has 0 radical (unpaired) electrons. The first-order valence-electron chi connectivity index (χ1n) is 9.13. The first-order chi connectivity index (χ1) is 12.8. The molecule has 134 valence electrons. The van der Waals surface area contributed by atoms with E-state index in [1.54, 1.807) is 0 Å². The van der Waals surface area contributed by atoms with Crippen LogP contribution in [-0.2, 0) is 9.63 Å². The zero-order chi connectivity index (χ0) is 17.8. The van der Waals surface area contributed by atoms with E-state index in [0.29, 0.717) is 12.5 Å². The number of benzene rings is 2. The van der Waals surface area contributed by atoms with Gasteiger partial charge in [0.2, 0.25) is 6.10 Å². The minimum Gasteiger partial charge on any atom is -0.490 e. The van der Waals surface area contributed by atoms with Crippen molar-refractivity contribution in [1.82, 2.24) is 0 Å². The number of rotatable bonds is 5. The number of carbonyl (C=O) groups is 1. The van der Waals surface area contributed by atoms with Crippen LogP contribution in [0, 0.1) is 0 Å². The quantitative estimate of drug-likeness (QED) is 0.882. The predicted molar refractivity (Wildman–Crippen MR) is 100 cm³/mol. The SMILES string of the molecule is O=C(Nc1ccc(OC2CCCC2)cc1)C1CC(c2ccccc2)=NO1. The topological polar surface area (TPSA) is 59.9 Å². The normalized spacial score (nSPS) is 19.7. The van der Waals surface area contributed by atoms with Gasteiger partial charge in [-0.3, -0.25) is 4.79 Å². The molecule has 0 saturated heterocycles. The van der Waals surface area contributed by atoms with Crippen LogP contribution in [0.2, 0.25) is 0 Å². The number of hydrogen-bond donors (Lipinski definition) is 1. The molecule has 0 spiro atoms. The average Bonchev–Trinajstić information content (AvgIpc) is 3.36. The van der Waals surface area contributed by atoms with E-state index in [2.05, 4.69) is 10.5 Å². The van der Waals surface area contributed by atoms with Gasteiger partial charge in [-0.25, -0.2) is 0 Å². The van der Waals surface area contributed by atoms with E-state index in [1.165, 1.54) is 12.8 Å². The lowest BCUT2D eigenvalue weighted by atomic mass is 10.0. The van der Waals surface area contributed by atoms with Crippen molar-refractivity contribution in [2.45, 2.75) is 44.3 Å². The highest BCUT2D eigenvalue weighted by Gasteiger charge is 2.28. The molecule has 1 aliphatic carbocycles. The molecular weight excluding hydrogens is 328 g/mol. The summed E-state index contributed by atoms with van der Waals surface area (Å²) in [5.41, 5.74) is 2.51. The lowest BCUT2D eigenvalue weighted by molar-refractivity contribution is -0.125. The summed E-state index contributed by atoms with van der Waals surface area (Å²) in [4.78, 5) is 17.7. The van der Waals surface area contributed by atoms with Gasteiger partial charge >= 0.3 is 0 Å². The van der Waals surface area contributed by atoms with E-state index in [4.69, 9.17) is 9.57 Å². The van der Waals surface area contributed by atoms with Gasteiger partial charge in [-0.05, 0) is 55.5 Å². The van der Waals surface area contributed by atoms with Crippen LogP contribution < -0.4 is 10.1 Å². The van der Waals surface area contributed by atoms with E-state index in [0.717, 1.165) is 35.6 Å². The number of nitrogens with zero attached hydrogens (tertiary/aromatic N) is 1. The van der Waals surface area contributed by atoms with E-state index < -0.39 is 6.10 Å². The molecule has 1 aliphatic heterocycles. The Morgan fingerprint density at radius 2 is 1.77 bits per heavy atom. The lowest BCUT2D eigenvalue weighted by Crippen LogP contribution is -2.28. The maximum Gasteiger partial charge on any atom is 0.268 e. The number of amides is 1. The lowest BCUT2D eigenvalue weighted by Gasteiger charge is -2.14. The number of oxime groups is 1. The Hall–Kier alpha value is -2.82. The molecule has 2 aromatic carbocycles. The number of nitrogens with one attached hydrogen (secondary N) is 1. The minimum atomic E-state index is -0.598. The first-order valence-corrected chi connectivity index (χ1v) is 9.13. The van der Waals surface area contributed by atoms with Crippen LogP contribution in [0.5, 0.6) is 5.75 Å². The van der Waals surface area contributed by atoms with Crippen LogP contribution >= 0.6 is 0 Å². The molecule has 1 N–H and O–H groups in total. The van der Waals surface area contributed by atoms with Gasteiger partial charge in [0.25, 0.3) is 5.91 Å². The van der Waals surface area contributed by atoms with Gasteiger partial charge in [-0.1, -0.05) is 35.5 Å². The number of ether oxygens (including phenoxy) is 1. The van der Waals surface area contributed by atoms with Gasteiger partial charge < -0.3 is 14.9 Å². The van der Waals surface area contributed by atoms with Crippen LogP contribution in [0.3, 0.4) is 0 Å². The molecular formula is C21H22N2O3. The maximum atomic E-state index is 12.4. The molecule has 1 amide bonds. The Morgan fingerprint density at radius 3 is 2.50 bits per heavy atom. The third-order valence-corrected chi connectivity index (χ3v) is 4.80. The van der Waals surface area contributed by atoms with Crippen molar-refractivity contribution in [3.63, 3.8) is 0 Å². The molecule has 26 heavy (non-hydrogen) atoms. The van der Waals surface area contributed by atoms with E-state index >= 15 is 0 Å². The fourth-order valence-corrected chi connectivity index (χ4v) is 3.36. The van der Waals surface area contributed by atoms with Gasteiger partial charge in [-0.2, -0.15) is 0 Å². The minimum absolute atomic E-state index is 0.191. The van der Waals surface area contributed by atoms with Crippen molar-refractivity contribution in [2.75, 3.05) is 5.32 Å². The fraction of sp³-hybridized carbons (Fsp3) is 0.333. The maximum absolute atomic E-state index is 12.4. The molecule has 0 aromatic heterocycles. The van der Waals surface area contributed by atoms with Crippen LogP contribution in [0.4, 0.5) is 5.69 Å². The summed E-state index contributed by atoms with van der Waals surface area (Å²) >= 11 is 0. The Bertz CT molecular complexity index is 781. The smallest absolute Gasteiger partial charge is 0.268 e. The van der Waals surface area contributed by atoms with Gasteiger partial charge in [0.1, 0.15) is 5.75 Å². The van der Waals surface area contributed by atoms with Crippen molar-refractivity contribution in [2.24, 2.45) is 5.16 Å². The largest absolute Gasteiger partial charge is 0.490 e. The number of carbonyl (C=O) groups excluding carboxylic acids is 1. The fourth-order valence-electron chi connectivity index (χ4n) is 3.36. The molecule has 2 aliphatic rings. The molecule has 1 fully saturated rings. The monoisotopic (exact) mass is 350 g/mol. The molecule has 5 nitrogen and oxygen atoms in total. The molecule has 5 heteroatoms. The number of hydrogen-bond acceptors (Lipinski definition) is 4. The molecule has 2 aromatic rings. The van der Waals surface area contributed by atoms with E-state index in [-0.39, 0.29) is 5.91 Å². The molecule has 4 rings (SSSR count). The second-order valence-corrected chi connectivity index (χ2v) is 6.74. The summed E-state index contributed by atoms with van der Waals surface area (Å²) in [7, 11) is 0. The van der Waals surface area contributed by atoms with Gasteiger partial charge in [0.15, 0.2) is 0 Å². The predicted octanol–water partition coefficient (Wildman–Crippen LogP) is 4.14. The van der Waals surface area contributed by atoms with Gasteiger partial charge in [0, 0.05) is 12.1 Å². The van der Waals surface area contributed by atoms with E-state index in [9.17, 15) is 4.79 Å². The Labute approximate surface area is 153 Å². The Morgan fingerprint density at radius 1 is 1.04 bits per heavy atom. The summed E-state index contributed by atoms with van der Waals surface area (Å²) in [6.07, 6.45) is 4.94. The van der Waals surface area contributed by atoms with E-state index in [1.807, 2.05) is 54.6 Å². The second kappa shape index (κ2) is 7.60. The highest BCUT2D eigenvalue weighted by molar-refractivity contribution is 6.06. The zero-order valence-electron chi connectivity index (χ0n) is 14.6. The summed E-state index contributed by atoms with van der Waals surface area (Å²) < 4.78 is 5.94. The summed E-state index contributed by atoms with van der Waals surface area (Å²) in [6.45, 7) is 0. The number of anilines is 1. The molecule has 1 saturated carbocycles. The second-order valence-electron chi connectivity index (χ2n) is 6.74. The average molecular weight is 350 g/mol. The van der Waals surface area contributed by atoms with Crippen LogP contribution in [0.15, 0.2) is 59.8 Å². The summed E-state index contributed by atoms with van der Waals surface area (Å²) in [5, 5.41) is 6.94. The Kier molecular flexibility index (Phi) is 4.86. The molecule has 1 unspecified atom stereocenters. The van der Waals surface area contributed by atoms with Crippen molar-refractivity contribution in [1.29, 1.82) is 0 Å². The third-order valence-electron chi connectivity index (χ3n) is 4.80. The first kappa shape index (κ1) is 16.6. The Balaban J connectivity index is 1.31. The van der Waals surface area contributed by atoms with Crippen LogP contribution in [0.1, 0.15) is 37.7 Å². The summed E-state index contributed by atoms with van der Waals surface area (Å²) in [5.74, 6) is 0.658. The van der Waals surface area contributed by atoms with Crippen LogP contribution in [0.25, 0.3) is 0 Å². The highest BCUT2D eigenvalue weighted by atomic mass is 16.6. The van der Waals surface area contributed by atoms with Crippen molar-refractivity contribution in [3.8, 4) is 5.75 Å². The van der Waals surface area contributed by atoms with Crippen molar-refractivity contribution < 1.29 is 14.4 Å². The van der Waals surface area contributed by atoms with Gasteiger partial charge in [0.05, 0.1) is 11.8 Å². The standard InChI is InChI=1S/C21H22N2O3/c24-21(20-14-19(23-26-20)15-6-2-1-3-7-15)22-16-10-12-18(13-11-16)25-17-8-4-5-9-17/h1-3,6-7,10-13,17,20H,4-5,8-9,14H2,(H,22,24). The van der Waals surface area contributed by atoms with Crippen molar-refractivity contribution in [3.05, 3.63) is 60.2 Å².